The normalized spacial score (nSPS) is 14.1. The molecule has 0 unspecified atom stereocenters. The summed E-state index contributed by atoms with van der Waals surface area (Å²) in [5, 5.41) is 0. The molecule has 0 fully saturated rings. The highest BCUT2D eigenvalue weighted by atomic mass is 127. The van der Waals surface area contributed by atoms with Gasteiger partial charge in [0.05, 0.1) is 23.7 Å². The summed E-state index contributed by atoms with van der Waals surface area (Å²) in [6.45, 7) is 0.0849. The number of rotatable bonds is 4. The minimum atomic E-state index is -2.93. The van der Waals surface area contributed by atoms with Crippen LogP contribution in [-0.4, -0.2) is 21.7 Å². The third-order valence-electron chi connectivity index (χ3n) is 4.59. The lowest BCUT2D eigenvalue weighted by Gasteiger charge is -2.28. The number of thioether (sulfide) groups is 1. The van der Waals surface area contributed by atoms with Crippen LogP contribution in [0.15, 0.2) is 65.7 Å². The second kappa shape index (κ2) is 7.98. The highest BCUT2D eigenvalue weighted by Gasteiger charge is 2.28. The van der Waals surface area contributed by atoms with Crippen LogP contribution < -0.4 is 0 Å². The molecule has 1 aliphatic heterocycles. The fourth-order valence-corrected chi connectivity index (χ4v) is 4.39. The Labute approximate surface area is 183 Å². The maximum atomic E-state index is 13.9. The highest BCUT2D eigenvalue weighted by molar-refractivity contribution is 14.1. The third kappa shape index (κ3) is 4.28. The number of aromatic nitrogens is 1. The first-order valence-electron chi connectivity index (χ1n) is 8.66. The summed E-state index contributed by atoms with van der Waals surface area (Å²) < 4.78 is 37.8. The maximum absolute atomic E-state index is 13.9. The molecule has 0 radical (unpaired) electrons. The van der Waals surface area contributed by atoms with Crippen molar-refractivity contribution in [1.29, 1.82) is 0 Å². The van der Waals surface area contributed by atoms with Crippen LogP contribution in [-0.2, 0) is 10.5 Å². The molecule has 0 bridgehead atoms. The summed E-state index contributed by atoms with van der Waals surface area (Å²) >= 11 is 2.59. The summed E-state index contributed by atoms with van der Waals surface area (Å²) in [4.78, 5) is 19.4. The minimum absolute atomic E-state index is 0.0741. The average Bonchev–Trinajstić information content (AvgIpc) is 2.71. The first kappa shape index (κ1) is 20.2. The molecule has 1 aliphatic rings. The number of nitrogens with zero attached hydrogens (tertiary/aromatic N) is 2. The molecule has 1 aromatic heterocycles. The molecular formula is C21H14F3IN2OS. The van der Waals surface area contributed by atoms with Crippen molar-refractivity contribution in [3.63, 3.8) is 0 Å². The Hall–Kier alpha value is -2.07. The van der Waals surface area contributed by atoms with Crippen molar-refractivity contribution in [3.05, 3.63) is 83.4 Å². The van der Waals surface area contributed by atoms with Gasteiger partial charge in [-0.25, -0.2) is 4.39 Å². The van der Waals surface area contributed by atoms with Gasteiger partial charge in [0.25, 0.3) is 5.91 Å². The molecule has 3 nitrogen and oxygen atoms in total. The molecule has 2 heterocycles. The topological polar surface area (TPSA) is 33.2 Å². The number of carbonyl (C=O) groups excluding carboxylic acids is 1. The lowest BCUT2D eigenvalue weighted by atomic mass is 10.0. The van der Waals surface area contributed by atoms with E-state index in [-0.39, 0.29) is 23.7 Å². The predicted molar refractivity (Wildman–Crippen MR) is 115 cm³/mol. The summed E-state index contributed by atoms with van der Waals surface area (Å²) in [7, 11) is 0. The lowest BCUT2D eigenvalue weighted by molar-refractivity contribution is 0.0763. The van der Waals surface area contributed by atoms with Crippen LogP contribution in [0.5, 0.6) is 0 Å². The quantitative estimate of drug-likeness (QED) is 0.306. The lowest BCUT2D eigenvalue weighted by Crippen LogP contribution is -2.34. The van der Waals surface area contributed by atoms with Gasteiger partial charge in [0.15, 0.2) is 0 Å². The average molecular weight is 526 g/mol. The van der Waals surface area contributed by atoms with Crippen molar-refractivity contribution < 1.29 is 18.0 Å². The summed E-state index contributed by atoms with van der Waals surface area (Å²) in [6.07, 6.45) is 1.50. The van der Waals surface area contributed by atoms with Gasteiger partial charge in [-0.05, 0) is 35.4 Å². The molecule has 0 saturated heterocycles. The zero-order chi connectivity index (χ0) is 20.6. The zero-order valence-corrected chi connectivity index (χ0v) is 17.9. The van der Waals surface area contributed by atoms with Gasteiger partial charge in [0.1, 0.15) is 5.82 Å². The summed E-state index contributed by atoms with van der Waals surface area (Å²) in [5.41, 5.74) is 2.15. The molecule has 0 spiro atoms. The van der Waals surface area contributed by atoms with Gasteiger partial charge in [-0.3, -0.25) is 9.78 Å². The number of halogens is 4. The van der Waals surface area contributed by atoms with Crippen LogP contribution in [0, 0.1) is 5.82 Å². The fourth-order valence-electron chi connectivity index (χ4n) is 3.06. The second-order valence-corrected chi connectivity index (χ2v) is 8.84. The summed E-state index contributed by atoms with van der Waals surface area (Å²) in [6, 6.07) is 14.3. The van der Waals surface area contributed by atoms with Crippen molar-refractivity contribution in [1.82, 2.24) is 9.88 Å². The number of hydrogen-bond donors (Lipinski definition) is 0. The van der Waals surface area contributed by atoms with Crippen LogP contribution in [0.2, 0.25) is 0 Å². The van der Waals surface area contributed by atoms with E-state index in [1.807, 2.05) is 12.1 Å². The standard InChI is InChI=1S/C21H14F3IN2OS/c22-17-2-1-9-26-18(17)11-27-12-29-19-8-5-14(10-16(19)20(27)28)13-3-6-15(7-4-13)21(23,24)25/h1-10H,11-12H2. The van der Waals surface area contributed by atoms with E-state index in [2.05, 4.69) is 4.98 Å². The molecule has 29 heavy (non-hydrogen) atoms. The zero-order valence-electron chi connectivity index (χ0n) is 14.9. The van der Waals surface area contributed by atoms with Crippen molar-refractivity contribution in [2.75, 3.05) is 5.88 Å². The van der Waals surface area contributed by atoms with Gasteiger partial charge < -0.3 is 4.90 Å². The number of fused-ring (bicyclic) bond motifs is 1. The van der Waals surface area contributed by atoms with E-state index >= 15 is 0 Å². The Balaban J connectivity index is 1.61. The van der Waals surface area contributed by atoms with E-state index < -0.39 is 9.75 Å². The van der Waals surface area contributed by atoms with Gasteiger partial charge in [0, 0.05) is 39.2 Å². The molecule has 4 rings (SSSR count). The van der Waals surface area contributed by atoms with E-state index in [4.69, 9.17) is 0 Å². The SMILES string of the molecule is O=C1c2cc(-c3ccc(C(F)(F)I)cc3)ccc2SCN1Cc1ncccc1F. The Kier molecular flexibility index (Phi) is 5.56. The van der Waals surface area contributed by atoms with Crippen molar-refractivity contribution >= 4 is 40.3 Å². The first-order valence-corrected chi connectivity index (χ1v) is 10.7. The van der Waals surface area contributed by atoms with Crippen molar-refractivity contribution in [3.8, 4) is 11.1 Å². The van der Waals surface area contributed by atoms with Crippen LogP contribution in [0.25, 0.3) is 11.1 Å². The minimum Gasteiger partial charge on any atom is -0.323 e. The van der Waals surface area contributed by atoms with Crippen molar-refractivity contribution in [2.45, 2.75) is 15.4 Å². The van der Waals surface area contributed by atoms with Crippen LogP contribution in [0.1, 0.15) is 21.6 Å². The first-order chi connectivity index (χ1) is 13.8. The third-order valence-corrected chi connectivity index (χ3v) is 6.32. The molecule has 0 atom stereocenters. The second-order valence-electron chi connectivity index (χ2n) is 6.49. The number of hydrogen-bond acceptors (Lipinski definition) is 3. The fraction of sp³-hybridized carbons (Fsp3) is 0.143. The Morgan fingerprint density at radius 1 is 1.10 bits per heavy atom. The molecule has 1 amide bonds. The Morgan fingerprint density at radius 2 is 1.83 bits per heavy atom. The molecule has 2 aromatic carbocycles. The molecule has 0 saturated carbocycles. The van der Waals surface area contributed by atoms with Crippen LogP contribution in [0.3, 0.4) is 0 Å². The van der Waals surface area contributed by atoms with Gasteiger partial charge in [-0.1, -0.05) is 30.3 Å². The van der Waals surface area contributed by atoms with Crippen molar-refractivity contribution in [2.24, 2.45) is 0 Å². The Bertz CT molecular complexity index is 1070. The number of benzene rings is 2. The predicted octanol–water partition coefficient (Wildman–Crippen LogP) is 6.08. The Morgan fingerprint density at radius 3 is 2.52 bits per heavy atom. The van der Waals surface area contributed by atoms with E-state index in [0.717, 1.165) is 38.6 Å². The van der Waals surface area contributed by atoms with E-state index in [0.29, 0.717) is 11.4 Å². The smallest absolute Gasteiger partial charge is 0.321 e. The number of pyridine rings is 1. The van der Waals surface area contributed by atoms with Gasteiger partial charge in [-0.2, -0.15) is 8.78 Å². The van der Waals surface area contributed by atoms with Crippen LogP contribution >= 0.6 is 34.4 Å². The van der Waals surface area contributed by atoms with Crippen LogP contribution in [0.4, 0.5) is 13.2 Å². The van der Waals surface area contributed by atoms with E-state index in [9.17, 15) is 18.0 Å². The highest BCUT2D eigenvalue weighted by Crippen LogP contribution is 2.37. The van der Waals surface area contributed by atoms with Gasteiger partial charge >= 0.3 is 3.93 Å². The molecule has 0 aliphatic carbocycles. The molecule has 3 aromatic rings. The molecule has 0 N–H and O–H groups in total. The van der Waals surface area contributed by atoms with Gasteiger partial charge in [-0.15, -0.1) is 11.8 Å². The monoisotopic (exact) mass is 526 g/mol. The molecule has 8 heteroatoms. The number of alkyl halides is 3. The summed E-state index contributed by atoms with van der Waals surface area (Å²) in [5.74, 6) is -0.251. The number of carbonyl (C=O) groups is 1. The van der Waals surface area contributed by atoms with E-state index in [1.165, 1.54) is 42.2 Å². The maximum Gasteiger partial charge on any atom is 0.321 e. The molecular weight excluding hydrogens is 512 g/mol. The number of amides is 1. The van der Waals surface area contributed by atoms with Gasteiger partial charge in [0.2, 0.25) is 0 Å². The largest absolute Gasteiger partial charge is 0.323 e. The van der Waals surface area contributed by atoms with E-state index in [1.54, 1.807) is 23.1 Å². The molecule has 148 valence electrons.